The van der Waals surface area contributed by atoms with E-state index in [0.717, 1.165) is 18.2 Å². The number of hydrogen-bond acceptors (Lipinski definition) is 2. The Morgan fingerprint density at radius 1 is 1.09 bits per heavy atom. The van der Waals surface area contributed by atoms with Gasteiger partial charge in [-0.2, -0.15) is 18.4 Å². The molecule has 0 fully saturated rings. The molecule has 23 heavy (non-hydrogen) atoms. The number of nitrogens with zero attached hydrogens (tertiary/aromatic N) is 1. The van der Waals surface area contributed by atoms with Crippen molar-refractivity contribution in [3.05, 3.63) is 58.6 Å². The van der Waals surface area contributed by atoms with Crippen molar-refractivity contribution in [1.82, 2.24) is 0 Å². The van der Waals surface area contributed by atoms with Gasteiger partial charge in [0.15, 0.2) is 0 Å². The molecule has 0 aromatic heterocycles. The topological polar surface area (TPSA) is 64.9 Å². The van der Waals surface area contributed by atoms with Crippen LogP contribution in [0.4, 0.5) is 29.3 Å². The average molecular weight is 340 g/mol. The number of amides is 2. The molecule has 2 aromatic rings. The van der Waals surface area contributed by atoms with Gasteiger partial charge in [0, 0.05) is 0 Å². The Hall–Kier alpha value is -2.72. The van der Waals surface area contributed by atoms with Crippen molar-refractivity contribution in [2.24, 2.45) is 0 Å². The van der Waals surface area contributed by atoms with Gasteiger partial charge < -0.3 is 10.6 Å². The van der Waals surface area contributed by atoms with Crippen LogP contribution in [0.2, 0.25) is 5.02 Å². The summed E-state index contributed by atoms with van der Waals surface area (Å²) in [6, 6.07) is 9.88. The molecule has 0 radical (unpaired) electrons. The molecular weight excluding hydrogens is 331 g/mol. The molecule has 0 saturated carbocycles. The Morgan fingerprint density at radius 3 is 2.39 bits per heavy atom. The molecule has 8 heteroatoms. The Morgan fingerprint density at radius 2 is 1.74 bits per heavy atom. The van der Waals surface area contributed by atoms with E-state index in [-0.39, 0.29) is 22.0 Å². The van der Waals surface area contributed by atoms with Crippen LogP contribution in [-0.4, -0.2) is 6.03 Å². The third kappa shape index (κ3) is 4.14. The lowest BCUT2D eigenvalue weighted by molar-refractivity contribution is -0.137. The van der Waals surface area contributed by atoms with Crippen molar-refractivity contribution in [3.63, 3.8) is 0 Å². The van der Waals surface area contributed by atoms with Crippen LogP contribution >= 0.6 is 11.6 Å². The van der Waals surface area contributed by atoms with E-state index in [4.69, 9.17) is 16.9 Å². The highest BCUT2D eigenvalue weighted by Gasteiger charge is 2.31. The van der Waals surface area contributed by atoms with Crippen molar-refractivity contribution >= 4 is 29.0 Å². The fraction of sp³-hybridized carbons (Fsp3) is 0.0667. The summed E-state index contributed by atoms with van der Waals surface area (Å²) in [6.07, 6.45) is -4.55. The zero-order chi connectivity index (χ0) is 17.0. The number of hydrogen-bond donors (Lipinski definition) is 2. The minimum absolute atomic E-state index is 0.0401. The average Bonchev–Trinajstić information content (AvgIpc) is 2.49. The molecule has 0 aliphatic carbocycles. The van der Waals surface area contributed by atoms with Gasteiger partial charge in [-0.25, -0.2) is 4.79 Å². The summed E-state index contributed by atoms with van der Waals surface area (Å²) in [7, 11) is 0. The number of nitrogens with one attached hydrogen (secondary N) is 2. The van der Waals surface area contributed by atoms with Crippen molar-refractivity contribution < 1.29 is 18.0 Å². The van der Waals surface area contributed by atoms with E-state index in [9.17, 15) is 18.0 Å². The SMILES string of the molecule is N#Cc1ccccc1NC(=O)Nc1cc(C(F)(F)F)ccc1Cl. The van der Waals surface area contributed by atoms with Crippen LogP contribution in [0.3, 0.4) is 0 Å². The molecule has 0 unspecified atom stereocenters. The second kappa shape index (κ2) is 6.58. The molecule has 0 saturated heterocycles. The maximum atomic E-state index is 12.7. The van der Waals surface area contributed by atoms with E-state index in [1.54, 1.807) is 12.1 Å². The summed E-state index contributed by atoms with van der Waals surface area (Å²) >= 11 is 5.79. The van der Waals surface area contributed by atoms with Gasteiger partial charge in [0.05, 0.1) is 27.5 Å². The standard InChI is InChI=1S/C15H9ClF3N3O/c16-11-6-5-10(15(17,18)19)7-13(11)22-14(23)21-12-4-2-1-3-9(12)8-20/h1-7H,(H2,21,22,23). The fourth-order valence-corrected chi connectivity index (χ4v) is 1.93. The Labute approximate surface area is 134 Å². The van der Waals surface area contributed by atoms with Gasteiger partial charge in [-0.05, 0) is 30.3 Å². The Bertz CT molecular complexity index is 784. The summed E-state index contributed by atoms with van der Waals surface area (Å²) in [4.78, 5) is 11.9. The number of carbonyl (C=O) groups is 1. The smallest absolute Gasteiger partial charge is 0.306 e. The van der Waals surface area contributed by atoms with Gasteiger partial charge in [-0.15, -0.1) is 0 Å². The predicted molar refractivity (Wildman–Crippen MR) is 80.3 cm³/mol. The zero-order valence-corrected chi connectivity index (χ0v) is 12.2. The fourth-order valence-electron chi connectivity index (χ4n) is 1.76. The van der Waals surface area contributed by atoms with Gasteiger partial charge in [0.1, 0.15) is 6.07 Å². The van der Waals surface area contributed by atoms with E-state index >= 15 is 0 Å². The van der Waals surface area contributed by atoms with Crippen LogP contribution in [0.5, 0.6) is 0 Å². The quantitative estimate of drug-likeness (QED) is 0.819. The summed E-state index contributed by atoms with van der Waals surface area (Å²) in [5.41, 5.74) is -0.670. The van der Waals surface area contributed by atoms with Gasteiger partial charge in [0.25, 0.3) is 0 Å². The minimum Gasteiger partial charge on any atom is -0.306 e. The van der Waals surface area contributed by atoms with Crippen molar-refractivity contribution in [3.8, 4) is 6.07 Å². The number of halogens is 4. The molecule has 0 aliphatic heterocycles. The molecule has 2 aromatic carbocycles. The van der Waals surface area contributed by atoms with E-state index < -0.39 is 17.8 Å². The van der Waals surface area contributed by atoms with E-state index in [1.165, 1.54) is 12.1 Å². The summed E-state index contributed by atoms with van der Waals surface area (Å²) in [5, 5.41) is 13.5. The number of para-hydroxylation sites is 1. The van der Waals surface area contributed by atoms with Crippen LogP contribution in [0.1, 0.15) is 11.1 Å². The number of carbonyl (C=O) groups excluding carboxylic acids is 1. The largest absolute Gasteiger partial charge is 0.416 e. The minimum atomic E-state index is -4.55. The van der Waals surface area contributed by atoms with Crippen molar-refractivity contribution in [2.75, 3.05) is 10.6 Å². The molecule has 0 aliphatic rings. The molecule has 118 valence electrons. The van der Waals surface area contributed by atoms with E-state index in [2.05, 4.69) is 10.6 Å². The third-order valence-corrected chi connectivity index (χ3v) is 3.17. The highest BCUT2D eigenvalue weighted by Crippen LogP contribution is 2.33. The number of urea groups is 1. The summed E-state index contributed by atoms with van der Waals surface area (Å²) in [6.45, 7) is 0. The third-order valence-electron chi connectivity index (χ3n) is 2.84. The zero-order valence-electron chi connectivity index (χ0n) is 11.4. The van der Waals surface area contributed by atoms with Crippen LogP contribution in [0.25, 0.3) is 0 Å². The van der Waals surface area contributed by atoms with E-state index in [0.29, 0.717) is 0 Å². The number of anilines is 2. The highest BCUT2D eigenvalue weighted by molar-refractivity contribution is 6.33. The molecule has 4 nitrogen and oxygen atoms in total. The second-order valence-electron chi connectivity index (χ2n) is 4.43. The normalized spacial score (nSPS) is 10.7. The molecule has 2 N–H and O–H groups in total. The number of benzene rings is 2. The first-order chi connectivity index (χ1) is 10.8. The summed E-state index contributed by atoms with van der Waals surface area (Å²) < 4.78 is 38.0. The molecule has 0 heterocycles. The van der Waals surface area contributed by atoms with Gasteiger partial charge in [-0.3, -0.25) is 0 Å². The van der Waals surface area contributed by atoms with Crippen LogP contribution < -0.4 is 10.6 Å². The van der Waals surface area contributed by atoms with E-state index in [1.807, 2.05) is 6.07 Å². The van der Waals surface area contributed by atoms with Crippen molar-refractivity contribution in [1.29, 1.82) is 5.26 Å². The second-order valence-corrected chi connectivity index (χ2v) is 4.84. The number of rotatable bonds is 2. The molecule has 2 amide bonds. The maximum Gasteiger partial charge on any atom is 0.416 e. The lowest BCUT2D eigenvalue weighted by atomic mass is 10.2. The molecule has 0 bridgehead atoms. The molecular formula is C15H9ClF3N3O. The molecule has 0 atom stereocenters. The molecule has 2 rings (SSSR count). The highest BCUT2D eigenvalue weighted by atomic mass is 35.5. The van der Waals surface area contributed by atoms with Crippen LogP contribution in [0.15, 0.2) is 42.5 Å². The van der Waals surface area contributed by atoms with Crippen LogP contribution in [-0.2, 0) is 6.18 Å². The van der Waals surface area contributed by atoms with Crippen LogP contribution in [0, 0.1) is 11.3 Å². The first kappa shape index (κ1) is 16.6. The molecule has 0 spiro atoms. The lowest BCUT2D eigenvalue weighted by Gasteiger charge is -2.12. The number of nitriles is 1. The number of alkyl halides is 3. The monoisotopic (exact) mass is 339 g/mol. The lowest BCUT2D eigenvalue weighted by Crippen LogP contribution is -2.20. The van der Waals surface area contributed by atoms with Crippen molar-refractivity contribution in [2.45, 2.75) is 6.18 Å². The van der Waals surface area contributed by atoms with Gasteiger partial charge in [-0.1, -0.05) is 23.7 Å². The Kier molecular flexibility index (Phi) is 4.77. The summed E-state index contributed by atoms with van der Waals surface area (Å²) in [5.74, 6) is 0. The van der Waals surface area contributed by atoms with Gasteiger partial charge in [0.2, 0.25) is 0 Å². The first-order valence-corrected chi connectivity index (χ1v) is 6.63. The predicted octanol–water partition coefficient (Wildman–Crippen LogP) is 4.87. The first-order valence-electron chi connectivity index (χ1n) is 6.25. The maximum absolute atomic E-state index is 12.7. The van der Waals surface area contributed by atoms with Gasteiger partial charge >= 0.3 is 12.2 Å². The Balaban J connectivity index is 2.19.